The molecule has 4 aromatic rings. The molecule has 0 N–H and O–H groups in total. The second-order valence-electron chi connectivity index (χ2n) is 8.83. The van der Waals surface area contributed by atoms with Gasteiger partial charge in [-0.15, -0.1) is 0 Å². The molecule has 4 aromatic carbocycles. The summed E-state index contributed by atoms with van der Waals surface area (Å²) in [5.74, 6) is 1.32. The van der Waals surface area contributed by atoms with Gasteiger partial charge < -0.3 is 9.47 Å². The van der Waals surface area contributed by atoms with Gasteiger partial charge in [0.1, 0.15) is 12.1 Å². The van der Waals surface area contributed by atoms with Crippen molar-refractivity contribution in [1.29, 1.82) is 0 Å². The SMILES string of the molecule is c1ccc([C@H]2N=C(CC3=N[C@H](c4ccccc4)[C@H](c4ccccc4)O3)O[C@H]2c2ccccc2)cc1. The smallest absolute Gasteiger partial charge is 0.194 e. The van der Waals surface area contributed by atoms with Gasteiger partial charge in [-0.3, -0.25) is 0 Å². The molecular weight excluding hydrogens is 432 g/mol. The molecule has 0 spiro atoms. The van der Waals surface area contributed by atoms with E-state index in [1.165, 1.54) is 0 Å². The third-order valence-corrected chi connectivity index (χ3v) is 6.51. The average molecular weight is 459 g/mol. The molecular formula is C31H26N2O2. The Hall–Kier alpha value is -4.18. The molecule has 2 aliphatic heterocycles. The average Bonchev–Trinajstić information content (AvgIpc) is 3.56. The second-order valence-corrected chi connectivity index (χ2v) is 8.83. The van der Waals surface area contributed by atoms with Crippen LogP contribution in [0.25, 0.3) is 0 Å². The molecule has 2 heterocycles. The summed E-state index contributed by atoms with van der Waals surface area (Å²) in [5.41, 5.74) is 4.49. The van der Waals surface area contributed by atoms with E-state index in [0.29, 0.717) is 18.2 Å². The fraction of sp³-hybridized carbons (Fsp3) is 0.161. The molecule has 4 nitrogen and oxygen atoms in total. The summed E-state index contributed by atoms with van der Waals surface area (Å²) >= 11 is 0. The molecule has 0 aromatic heterocycles. The number of nitrogens with zero attached hydrogens (tertiary/aromatic N) is 2. The zero-order valence-electron chi connectivity index (χ0n) is 19.3. The predicted octanol–water partition coefficient (Wildman–Crippen LogP) is 7.20. The van der Waals surface area contributed by atoms with E-state index in [0.717, 1.165) is 22.3 Å². The molecule has 0 fully saturated rings. The van der Waals surface area contributed by atoms with Crippen molar-refractivity contribution in [2.45, 2.75) is 30.7 Å². The van der Waals surface area contributed by atoms with E-state index in [1.54, 1.807) is 0 Å². The van der Waals surface area contributed by atoms with E-state index >= 15 is 0 Å². The van der Waals surface area contributed by atoms with Crippen molar-refractivity contribution in [1.82, 2.24) is 0 Å². The highest BCUT2D eigenvalue weighted by molar-refractivity contribution is 5.98. The lowest BCUT2D eigenvalue weighted by Crippen LogP contribution is -2.13. The van der Waals surface area contributed by atoms with Crippen LogP contribution in [0.15, 0.2) is 131 Å². The molecule has 172 valence electrons. The van der Waals surface area contributed by atoms with Crippen molar-refractivity contribution >= 4 is 11.8 Å². The summed E-state index contributed by atoms with van der Waals surface area (Å²) in [4.78, 5) is 10.0. The summed E-state index contributed by atoms with van der Waals surface area (Å²) in [7, 11) is 0. The zero-order valence-corrected chi connectivity index (χ0v) is 19.3. The van der Waals surface area contributed by atoms with Gasteiger partial charge in [0, 0.05) is 0 Å². The van der Waals surface area contributed by atoms with E-state index in [2.05, 4.69) is 48.5 Å². The number of benzene rings is 4. The van der Waals surface area contributed by atoms with Gasteiger partial charge in [-0.25, -0.2) is 9.98 Å². The minimum atomic E-state index is -0.176. The van der Waals surface area contributed by atoms with Gasteiger partial charge in [-0.1, -0.05) is 121 Å². The lowest BCUT2D eigenvalue weighted by atomic mass is 9.97. The van der Waals surface area contributed by atoms with E-state index < -0.39 is 0 Å². The van der Waals surface area contributed by atoms with Gasteiger partial charge in [-0.05, 0) is 22.3 Å². The van der Waals surface area contributed by atoms with Crippen molar-refractivity contribution in [2.75, 3.05) is 0 Å². The van der Waals surface area contributed by atoms with Crippen molar-refractivity contribution in [3.05, 3.63) is 144 Å². The van der Waals surface area contributed by atoms with Crippen LogP contribution in [0.5, 0.6) is 0 Å². The minimum absolute atomic E-state index is 0.106. The van der Waals surface area contributed by atoms with Crippen LogP contribution >= 0.6 is 0 Å². The number of hydrogen-bond acceptors (Lipinski definition) is 4. The van der Waals surface area contributed by atoms with Crippen molar-refractivity contribution in [3.8, 4) is 0 Å². The van der Waals surface area contributed by atoms with Crippen LogP contribution in [0.4, 0.5) is 0 Å². The van der Waals surface area contributed by atoms with Gasteiger partial charge in [-0.2, -0.15) is 0 Å². The third-order valence-electron chi connectivity index (χ3n) is 6.51. The van der Waals surface area contributed by atoms with Crippen molar-refractivity contribution in [3.63, 3.8) is 0 Å². The molecule has 0 aliphatic carbocycles. The number of ether oxygens (including phenoxy) is 2. The maximum absolute atomic E-state index is 6.45. The van der Waals surface area contributed by atoms with Gasteiger partial charge in [0.15, 0.2) is 24.0 Å². The van der Waals surface area contributed by atoms with Crippen molar-refractivity contribution < 1.29 is 9.47 Å². The Labute approximate surface area is 205 Å². The van der Waals surface area contributed by atoms with Gasteiger partial charge in [0.25, 0.3) is 0 Å². The fourth-order valence-corrected chi connectivity index (χ4v) is 4.82. The van der Waals surface area contributed by atoms with Crippen LogP contribution in [-0.2, 0) is 9.47 Å². The van der Waals surface area contributed by atoms with Gasteiger partial charge in [0.05, 0.1) is 6.42 Å². The first-order valence-electron chi connectivity index (χ1n) is 12.0. The first-order chi connectivity index (χ1) is 17.3. The zero-order chi connectivity index (χ0) is 23.5. The van der Waals surface area contributed by atoms with E-state index in [9.17, 15) is 0 Å². The summed E-state index contributed by atoms with van der Waals surface area (Å²) < 4.78 is 12.9. The lowest BCUT2D eigenvalue weighted by molar-refractivity contribution is 0.183. The van der Waals surface area contributed by atoms with Crippen molar-refractivity contribution in [2.24, 2.45) is 9.98 Å². The molecule has 35 heavy (non-hydrogen) atoms. The lowest BCUT2D eigenvalue weighted by Gasteiger charge is -2.19. The standard InChI is InChI=1S/C31H26N2O2/c1-5-13-22(14-6-1)28-30(24-17-9-3-10-18-24)34-26(32-28)21-27-33-29(23-15-7-2-8-16-23)31(35-27)25-19-11-4-12-20-25/h1-20,28-31H,21H2/t28-,29-,30+,31+/m1/s1. The monoisotopic (exact) mass is 458 g/mol. The quantitative estimate of drug-likeness (QED) is 0.307. The van der Waals surface area contributed by atoms with Crippen LogP contribution in [-0.4, -0.2) is 11.8 Å². The minimum Gasteiger partial charge on any atom is -0.470 e. The highest BCUT2D eigenvalue weighted by atomic mass is 16.5. The molecule has 0 saturated heterocycles. The van der Waals surface area contributed by atoms with E-state index in [4.69, 9.17) is 19.5 Å². The number of hydrogen-bond donors (Lipinski definition) is 0. The molecule has 0 amide bonds. The first kappa shape index (κ1) is 21.4. The largest absolute Gasteiger partial charge is 0.470 e. The van der Waals surface area contributed by atoms with E-state index in [-0.39, 0.29) is 24.3 Å². The number of rotatable bonds is 6. The highest BCUT2D eigenvalue weighted by Gasteiger charge is 2.37. The molecule has 6 rings (SSSR count). The normalized spacial score (nSPS) is 23.2. The topological polar surface area (TPSA) is 43.2 Å². The Morgan fingerprint density at radius 3 is 1.09 bits per heavy atom. The Bertz CT molecular complexity index is 1220. The summed E-state index contributed by atoms with van der Waals surface area (Å²) in [6, 6.07) is 41.0. The highest BCUT2D eigenvalue weighted by Crippen LogP contribution is 2.43. The molecule has 4 heteroatoms. The Kier molecular flexibility index (Phi) is 5.85. The van der Waals surface area contributed by atoms with E-state index in [1.807, 2.05) is 72.8 Å². The Morgan fingerprint density at radius 2 is 0.743 bits per heavy atom. The third kappa shape index (κ3) is 4.47. The molecule has 0 saturated carbocycles. The maximum atomic E-state index is 6.45. The first-order valence-corrected chi connectivity index (χ1v) is 12.0. The predicted molar refractivity (Wildman–Crippen MR) is 138 cm³/mol. The maximum Gasteiger partial charge on any atom is 0.194 e. The van der Waals surface area contributed by atoms with Crippen LogP contribution in [0, 0.1) is 0 Å². The van der Waals surface area contributed by atoms with Gasteiger partial charge in [0.2, 0.25) is 0 Å². The molecule has 2 aliphatic rings. The van der Waals surface area contributed by atoms with Crippen LogP contribution in [0.1, 0.15) is 53.0 Å². The Morgan fingerprint density at radius 1 is 0.429 bits per heavy atom. The van der Waals surface area contributed by atoms with Crippen LogP contribution in [0.2, 0.25) is 0 Å². The summed E-state index contributed by atoms with van der Waals surface area (Å²) in [5, 5.41) is 0. The summed E-state index contributed by atoms with van der Waals surface area (Å²) in [6.45, 7) is 0. The number of aliphatic imine (C=N–C) groups is 2. The Balaban J connectivity index is 1.29. The molecule has 0 radical (unpaired) electrons. The summed E-state index contributed by atoms with van der Waals surface area (Å²) in [6.07, 6.45) is 0.0789. The molecule has 4 atom stereocenters. The second kappa shape index (κ2) is 9.59. The van der Waals surface area contributed by atoms with Crippen LogP contribution < -0.4 is 0 Å². The van der Waals surface area contributed by atoms with Gasteiger partial charge >= 0.3 is 0 Å². The van der Waals surface area contributed by atoms with Crippen LogP contribution in [0.3, 0.4) is 0 Å². The molecule has 0 unspecified atom stereocenters. The fourth-order valence-electron chi connectivity index (χ4n) is 4.82. The molecule has 0 bridgehead atoms.